The normalized spacial score (nSPS) is 12.9. The lowest BCUT2D eigenvalue weighted by atomic mass is 10.0. The van der Waals surface area contributed by atoms with Crippen molar-refractivity contribution in [3.05, 3.63) is 24.3 Å². The van der Waals surface area contributed by atoms with Gasteiger partial charge in [0.25, 0.3) is 0 Å². The van der Waals surface area contributed by atoms with Gasteiger partial charge in [-0.3, -0.25) is 9.59 Å². The molecule has 6 nitrogen and oxygen atoms in total. The van der Waals surface area contributed by atoms with E-state index in [1.807, 2.05) is 6.08 Å². The number of ether oxygens (including phenoxy) is 1. The second-order valence-corrected chi connectivity index (χ2v) is 16.4. The Hall–Kier alpha value is -1.66. The first-order valence-corrected chi connectivity index (χ1v) is 24.1. The fraction of sp³-hybridized carbons (Fsp3) is 0.878. The van der Waals surface area contributed by atoms with E-state index in [9.17, 15) is 19.8 Å². The van der Waals surface area contributed by atoms with Gasteiger partial charge in [-0.05, 0) is 64.2 Å². The molecule has 0 spiro atoms. The van der Waals surface area contributed by atoms with E-state index >= 15 is 0 Å². The third-order valence-corrected chi connectivity index (χ3v) is 11.0. The molecule has 2 atom stereocenters. The van der Waals surface area contributed by atoms with Crippen LogP contribution >= 0.6 is 0 Å². The number of esters is 1. The van der Waals surface area contributed by atoms with Gasteiger partial charge < -0.3 is 20.3 Å². The van der Waals surface area contributed by atoms with Crippen molar-refractivity contribution in [1.82, 2.24) is 5.32 Å². The molecule has 0 aliphatic carbocycles. The number of hydrogen-bond donors (Lipinski definition) is 3. The predicted octanol–water partition coefficient (Wildman–Crippen LogP) is 14.0. The van der Waals surface area contributed by atoms with Crippen LogP contribution in [0.1, 0.15) is 251 Å². The quantitative estimate of drug-likeness (QED) is 0.0325. The van der Waals surface area contributed by atoms with Crippen molar-refractivity contribution in [3.8, 4) is 0 Å². The number of aliphatic hydroxyl groups is 2. The number of nitrogens with one attached hydrogen (secondary N) is 1. The number of aliphatic hydroxyl groups excluding tert-OH is 2. The highest BCUT2D eigenvalue weighted by molar-refractivity contribution is 5.76. The van der Waals surface area contributed by atoms with Gasteiger partial charge in [-0.15, -0.1) is 0 Å². The average Bonchev–Trinajstić information content (AvgIpc) is 3.18. The molecule has 55 heavy (non-hydrogen) atoms. The Morgan fingerprint density at radius 2 is 0.855 bits per heavy atom. The molecule has 0 aromatic rings. The fourth-order valence-electron chi connectivity index (χ4n) is 7.21. The second kappa shape index (κ2) is 45.0. The molecule has 3 N–H and O–H groups in total. The summed E-state index contributed by atoms with van der Waals surface area (Å²) in [5.41, 5.74) is 0. The second-order valence-electron chi connectivity index (χ2n) is 16.4. The number of hydrogen-bond acceptors (Lipinski definition) is 5. The molecular formula is C49H93NO5. The maximum absolute atomic E-state index is 12.4. The summed E-state index contributed by atoms with van der Waals surface area (Å²) in [5, 5.41) is 23.0. The lowest BCUT2D eigenvalue weighted by molar-refractivity contribution is -0.143. The van der Waals surface area contributed by atoms with Crippen molar-refractivity contribution in [2.45, 2.75) is 264 Å². The molecule has 0 bridgehead atoms. The summed E-state index contributed by atoms with van der Waals surface area (Å²) in [7, 11) is 0. The van der Waals surface area contributed by atoms with Gasteiger partial charge in [-0.1, -0.05) is 199 Å². The SMILES string of the molecule is CCCCCCCCCCCCC/C=C/C(O)C(CO)NC(=O)CCCCCCC/C=C\CCCCCOC(=O)CCCCCCCCCCCCCCC. The molecule has 0 aromatic carbocycles. The van der Waals surface area contributed by atoms with E-state index in [1.54, 1.807) is 6.08 Å². The molecule has 0 heterocycles. The number of amides is 1. The molecule has 0 fully saturated rings. The molecule has 0 radical (unpaired) electrons. The highest BCUT2D eigenvalue weighted by Crippen LogP contribution is 2.15. The van der Waals surface area contributed by atoms with Gasteiger partial charge >= 0.3 is 5.97 Å². The van der Waals surface area contributed by atoms with Gasteiger partial charge in [0, 0.05) is 12.8 Å². The summed E-state index contributed by atoms with van der Waals surface area (Å²) in [4.78, 5) is 24.4. The maximum Gasteiger partial charge on any atom is 0.305 e. The van der Waals surface area contributed by atoms with Crippen LogP contribution in [0.4, 0.5) is 0 Å². The number of carbonyl (C=O) groups is 2. The lowest BCUT2D eigenvalue weighted by Crippen LogP contribution is -2.45. The van der Waals surface area contributed by atoms with E-state index in [0.717, 1.165) is 77.0 Å². The Morgan fingerprint density at radius 1 is 0.491 bits per heavy atom. The first kappa shape index (κ1) is 53.3. The molecule has 0 rings (SSSR count). The van der Waals surface area contributed by atoms with Gasteiger partial charge in [0.2, 0.25) is 5.91 Å². The van der Waals surface area contributed by atoms with Crippen LogP contribution < -0.4 is 5.32 Å². The first-order valence-electron chi connectivity index (χ1n) is 24.1. The largest absolute Gasteiger partial charge is 0.466 e. The first-order chi connectivity index (χ1) is 27.0. The van der Waals surface area contributed by atoms with E-state index in [-0.39, 0.29) is 18.5 Å². The molecular weight excluding hydrogens is 683 g/mol. The van der Waals surface area contributed by atoms with Crippen LogP contribution in [0.15, 0.2) is 24.3 Å². The number of allylic oxidation sites excluding steroid dienone is 3. The van der Waals surface area contributed by atoms with E-state index in [1.165, 1.54) is 148 Å². The van der Waals surface area contributed by atoms with Crippen molar-refractivity contribution in [2.24, 2.45) is 0 Å². The van der Waals surface area contributed by atoms with Crippen molar-refractivity contribution >= 4 is 11.9 Å². The van der Waals surface area contributed by atoms with Gasteiger partial charge in [-0.2, -0.15) is 0 Å². The highest BCUT2D eigenvalue weighted by atomic mass is 16.5. The van der Waals surface area contributed by atoms with Crippen LogP contribution in [0, 0.1) is 0 Å². The smallest absolute Gasteiger partial charge is 0.305 e. The molecule has 0 aromatic heterocycles. The summed E-state index contributed by atoms with van der Waals surface area (Å²) >= 11 is 0. The third kappa shape index (κ3) is 41.8. The minimum Gasteiger partial charge on any atom is -0.466 e. The molecule has 0 aliphatic heterocycles. The third-order valence-electron chi connectivity index (χ3n) is 11.0. The number of rotatable bonds is 44. The summed E-state index contributed by atoms with van der Waals surface area (Å²) in [6, 6.07) is -0.644. The van der Waals surface area contributed by atoms with Crippen molar-refractivity contribution < 1.29 is 24.5 Å². The minimum atomic E-state index is -0.858. The Balaban J connectivity index is 3.54. The summed E-state index contributed by atoms with van der Waals surface area (Å²) in [6.07, 6.45) is 51.7. The van der Waals surface area contributed by atoms with E-state index in [4.69, 9.17) is 4.74 Å². The number of carbonyl (C=O) groups excluding carboxylic acids is 2. The Morgan fingerprint density at radius 3 is 1.29 bits per heavy atom. The van der Waals surface area contributed by atoms with Gasteiger partial charge in [0.05, 0.1) is 25.4 Å². The number of unbranched alkanes of at least 4 members (excludes halogenated alkanes) is 31. The fourth-order valence-corrected chi connectivity index (χ4v) is 7.21. The van der Waals surface area contributed by atoms with Crippen molar-refractivity contribution in [1.29, 1.82) is 0 Å². The molecule has 0 aliphatic rings. The lowest BCUT2D eigenvalue weighted by Gasteiger charge is -2.20. The van der Waals surface area contributed by atoms with Crippen LogP contribution in [-0.4, -0.2) is 47.4 Å². The van der Waals surface area contributed by atoms with Crippen LogP contribution in [0.2, 0.25) is 0 Å². The van der Waals surface area contributed by atoms with Gasteiger partial charge in [0.1, 0.15) is 0 Å². The van der Waals surface area contributed by atoms with Gasteiger partial charge in [-0.25, -0.2) is 0 Å². The van der Waals surface area contributed by atoms with Crippen LogP contribution in [0.3, 0.4) is 0 Å². The van der Waals surface area contributed by atoms with E-state index < -0.39 is 12.1 Å². The minimum absolute atomic E-state index is 0.0235. The topological polar surface area (TPSA) is 95.9 Å². The average molecular weight is 776 g/mol. The zero-order valence-electron chi connectivity index (χ0n) is 36.7. The molecule has 1 amide bonds. The van der Waals surface area contributed by atoms with Crippen LogP contribution in [-0.2, 0) is 14.3 Å². The molecule has 2 unspecified atom stereocenters. The van der Waals surface area contributed by atoms with E-state index in [0.29, 0.717) is 19.4 Å². The Bertz CT molecular complexity index is 858. The molecule has 0 saturated carbocycles. The monoisotopic (exact) mass is 776 g/mol. The maximum atomic E-state index is 12.4. The Kier molecular flexibility index (Phi) is 43.7. The van der Waals surface area contributed by atoms with E-state index in [2.05, 4.69) is 31.3 Å². The standard InChI is InChI=1S/C49H93NO5/c1-3-5-7-9-11-13-15-17-21-25-29-33-37-41-47(52)46(45-51)50-48(53)42-38-34-30-26-22-19-20-24-28-32-36-40-44-55-49(54)43-39-35-31-27-23-18-16-14-12-10-8-6-4-2/h20,24,37,41,46-47,51-52H,3-19,21-23,25-36,38-40,42-45H2,1-2H3,(H,50,53)/b24-20-,41-37+. The molecule has 324 valence electrons. The summed E-state index contributed by atoms with van der Waals surface area (Å²) in [5.74, 6) is -0.118. The van der Waals surface area contributed by atoms with Crippen molar-refractivity contribution in [2.75, 3.05) is 13.2 Å². The summed E-state index contributed by atoms with van der Waals surface area (Å²) in [6.45, 7) is 4.83. The van der Waals surface area contributed by atoms with Crippen LogP contribution in [0.5, 0.6) is 0 Å². The van der Waals surface area contributed by atoms with Gasteiger partial charge in [0.15, 0.2) is 0 Å². The highest BCUT2D eigenvalue weighted by Gasteiger charge is 2.18. The zero-order chi connectivity index (χ0) is 40.1. The van der Waals surface area contributed by atoms with Crippen LogP contribution in [0.25, 0.3) is 0 Å². The zero-order valence-corrected chi connectivity index (χ0v) is 36.7. The Labute approximate surface area is 341 Å². The predicted molar refractivity (Wildman–Crippen MR) is 236 cm³/mol. The summed E-state index contributed by atoms with van der Waals surface area (Å²) < 4.78 is 5.43. The van der Waals surface area contributed by atoms with Crippen molar-refractivity contribution in [3.63, 3.8) is 0 Å². The molecule has 0 saturated heterocycles. The molecule has 6 heteroatoms.